The lowest BCUT2D eigenvalue weighted by Gasteiger charge is -2.34. The summed E-state index contributed by atoms with van der Waals surface area (Å²) in [7, 11) is 0. The van der Waals surface area contributed by atoms with Gasteiger partial charge in [0.2, 0.25) is 0 Å². The molecule has 0 unspecified atom stereocenters. The first kappa shape index (κ1) is 19.4. The van der Waals surface area contributed by atoms with E-state index in [-0.39, 0.29) is 17.5 Å². The SMILES string of the molecule is CC(C)(C)c1ccc(N2[C@H](c3ccc([NH])cc3)CC[C@H]2c2ccc([NH])cc2)cc1. The van der Waals surface area contributed by atoms with Crippen LogP contribution in [0.4, 0.5) is 17.1 Å². The van der Waals surface area contributed by atoms with Gasteiger partial charge in [-0.25, -0.2) is 0 Å². The lowest BCUT2D eigenvalue weighted by Crippen LogP contribution is -2.26. The normalized spacial score (nSPS) is 19.5. The average Bonchev–Trinajstić information content (AvgIpc) is 3.13. The minimum absolute atomic E-state index is 0.135. The molecular weight excluding hydrogens is 354 g/mol. The van der Waals surface area contributed by atoms with Crippen molar-refractivity contribution < 1.29 is 0 Å². The summed E-state index contributed by atoms with van der Waals surface area (Å²) in [6, 6.07) is 25.5. The third-order valence-corrected chi connectivity index (χ3v) is 6.01. The molecule has 0 amide bonds. The number of benzene rings is 3. The lowest BCUT2D eigenvalue weighted by molar-refractivity contribution is 0.589. The molecule has 3 heteroatoms. The Morgan fingerprint density at radius 2 is 1.07 bits per heavy atom. The van der Waals surface area contributed by atoms with E-state index < -0.39 is 0 Å². The van der Waals surface area contributed by atoms with E-state index in [1.807, 2.05) is 24.3 Å². The highest BCUT2D eigenvalue weighted by molar-refractivity contribution is 5.55. The quantitative estimate of drug-likeness (QED) is 0.485. The first-order valence-corrected chi connectivity index (χ1v) is 10.3. The van der Waals surface area contributed by atoms with Crippen LogP contribution >= 0.6 is 0 Å². The van der Waals surface area contributed by atoms with Crippen LogP contribution in [0.15, 0.2) is 72.8 Å². The minimum Gasteiger partial charge on any atom is -0.357 e. The van der Waals surface area contributed by atoms with Crippen molar-refractivity contribution in [2.75, 3.05) is 4.90 Å². The van der Waals surface area contributed by atoms with Crippen molar-refractivity contribution in [1.29, 1.82) is 0 Å². The molecule has 0 aliphatic carbocycles. The molecule has 2 radical (unpaired) electrons. The number of rotatable bonds is 3. The smallest absolute Gasteiger partial charge is 0.0549 e. The van der Waals surface area contributed by atoms with E-state index in [2.05, 4.69) is 74.2 Å². The van der Waals surface area contributed by atoms with E-state index in [1.165, 1.54) is 22.4 Å². The van der Waals surface area contributed by atoms with E-state index in [0.29, 0.717) is 11.4 Å². The molecule has 1 saturated heterocycles. The summed E-state index contributed by atoms with van der Waals surface area (Å²) in [6.45, 7) is 6.73. The van der Waals surface area contributed by atoms with Gasteiger partial charge >= 0.3 is 0 Å². The van der Waals surface area contributed by atoms with E-state index >= 15 is 0 Å². The van der Waals surface area contributed by atoms with Gasteiger partial charge in [0.05, 0.1) is 23.5 Å². The Balaban J connectivity index is 1.74. The molecule has 1 aliphatic rings. The van der Waals surface area contributed by atoms with Crippen LogP contribution in [-0.2, 0) is 5.41 Å². The molecule has 0 aromatic heterocycles. The largest absolute Gasteiger partial charge is 0.357 e. The van der Waals surface area contributed by atoms with Crippen LogP contribution in [0, 0.1) is 0 Å². The predicted octanol–water partition coefficient (Wildman–Crippen LogP) is 6.90. The van der Waals surface area contributed by atoms with Gasteiger partial charge < -0.3 is 16.4 Å². The van der Waals surface area contributed by atoms with E-state index in [4.69, 9.17) is 11.5 Å². The molecule has 4 rings (SSSR count). The fourth-order valence-corrected chi connectivity index (χ4v) is 4.37. The Hall–Kier alpha value is -2.94. The molecule has 3 nitrogen and oxygen atoms in total. The standard InChI is InChI=1S/C26H29N3/c1-26(2,3)20-8-14-23(15-9-20)29-24(18-4-10-21(27)11-5-18)16-17-25(29)19-6-12-22(28)13-7-19/h4-15,24-25,27-28H,16-17H2,1-3H3/t24-,25-/m0/s1. The number of anilines is 1. The topological polar surface area (TPSA) is 50.8 Å². The van der Waals surface area contributed by atoms with Gasteiger partial charge in [0.1, 0.15) is 0 Å². The van der Waals surface area contributed by atoms with Gasteiger partial charge in [-0.05, 0) is 71.3 Å². The first-order chi connectivity index (χ1) is 13.8. The fraction of sp³-hybridized carbons (Fsp3) is 0.308. The molecular formula is C26H29N3. The maximum Gasteiger partial charge on any atom is 0.0549 e. The molecule has 1 aliphatic heterocycles. The first-order valence-electron chi connectivity index (χ1n) is 10.3. The van der Waals surface area contributed by atoms with E-state index in [9.17, 15) is 0 Å². The lowest BCUT2D eigenvalue weighted by atomic mass is 9.87. The second-order valence-corrected chi connectivity index (χ2v) is 9.06. The molecule has 0 saturated carbocycles. The van der Waals surface area contributed by atoms with Crippen LogP contribution in [0.25, 0.3) is 0 Å². The zero-order chi connectivity index (χ0) is 20.6. The third kappa shape index (κ3) is 3.95. The van der Waals surface area contributed by atoms with E-state index in [1.54, 1.807) is 0 Å². The van der Waals surface area contributed by atoms with Crippen LogP contribution in [0.1, 0.15) is 62.4 Å². The molecule has 29 heavy (non-hydrogen) atoms. The molecule has 148 valence electrons. The highest BCUT2D eigenvalue weighted by atomic mass is 15.2. The number of hydrogen-bond donors (Lipinski definition) is 0. The maximum atomic E-state index is 7.82. The Morgan fingerprint density at radius 3 is 1.45 bits per heavy atom. The summed E-state index contributed by atoms with van der Waals surface area (Å²) < 4.78 is 0. The van der Waals surface area contributed by atoms with Gasteiger partial charge in [-0.2, -0.15) is 0 Å². The summed E-state index contributed by atoms with van der Waals surface area (Å²) in [5.41, 5.74) is 22.0. The summed E-state index contributed by atoms with van der Waals surface area (Å²) in [4.78, 5) is 2.53. The average molecular weight is 384 g/mol. The van der Waals surface area contributed by atoms with Crippen LogP contribution in [0.3, 0.4) is 0 Å². The van der Waals surface area contributed by atoms with E-state index in [0.717, 1.165) is 12.8 Å². The van der Waals surface area contributed by atoms with Crippen LogP contribution in [0.2, 0.25) is 0 Å². The van der Waals surface area contributed by atoms with Crippen LogP contribution in [0.5, 0.6) is 0 Å². The maximum absolute atomic E-state index is 7.82. The summed E-state index contributed by atoms with van der Waals surface area (Å²) in [5, 5.41) is 0. The Kier molecular flexibility index (Phi) is 4.99. The van der Waals surface area contributed by atoms with Gasteiger partial charge in [0.25, 0.3) is 0 Å². The summed E-state index contributed by atoms with van der Waals surface area (Å²) in [6.07, 6.45) is 2.15. The summed E-state index contributed by atoms with van der Waals surface area (Å²) >= 11 is 0. The van der Waals surface area contributed by atoms with Gasteiger partial charge in [-0.15, -0.1) is 0 Å². The Morgan fingerprint density at radius 1 is 0.655 bits per heavy atom. The minimum atomic E-state index is 0.135. The van der Waals surface area contributed by atoms with Crippen molar-refractivity contribution in [1.82, 2.24) is 11.5 Å². The third-order valence-electron chi connectivity index (χ3n) is 6.01. The molecule has 2 N–H and O–H groups in total. The van der Waals surface area contributed by atoms with Gasteiger partial charge in [0, 0.05) is 5.69 Å². The highest BCUT2D eigenvalue weighted by Gasteiger charge is 2.35. The van der Waals surface area contributed by atoms with Crippen molar-refractivity contribution in [3.05, 3.63) is 89.5 Å². The summed E-state index contributed by atoms with van der Waals surface area (Å²) in [5.74, 6) is 0. The Bertz CT molecular complexity index is 897. The predicted molar refractivity (Wildman–Crippen MR) is 121 cm³/mol. The van der Waals surface area contributed by atoms with Crippen molar-refractivity contribution in [2.24, 2.45) is 0 Å². The zero-order valence-corrected chi connectivity index (χ0v) is 17.4. The number of nitrogens with one attached hydrogen (secondary N) is 2. The molecule has 2 atom stereocenters. The van der Waals surface area contributed by atoms with Gasteiger partial charge in [-0.1, -0.05) is 57.2 Å². The second-order valence-electron chi connectivity index (χ2n) is 9.06. The molecule has 0 bridgehead atoms. The molecule has 3 aromatic rings. The molecule has 3 aromatic carbocycles. The van der Waals surface area contributed by atoms with Crippen molar-refractivity contribution >= 4 is 17.1 Å². The Labute approximate surface area is 174 Å². The van der Waals surface area contributed by atoms with Crippen molar-refractivity contribution in [2.45, 2.75) is 51.1 Å². The van der Waals surface area contributed by atoms with Gasteiger partial charge in [0.15, 0.2) is 0 Å². The van der Waals surface area contributed by atoms with Gasteiger partial charge in [-0.3, -0.25) is 0 Å². The molecule has 1 fully saturated rings. The van der Waals surface area contributed by atoms with Crippen molar-refractivity contribution in [3.63, 3.8) is 0 Å². The molecule has 1 heterocycles. The number of nitrogens with zero attached hydrogens (tertiary/aromatic N) is 1. The number of hydrogen-bond acceptors (Lipinski definition) is 1. The monoisotopic (exact) mass is 383 g/mol. The van der Waals surface area contributed by atoms with Crippen molar-refractivity contribution in [3.8, 4) is 0 Å². The van der Waals surface area contributed by atoms with Crippen LogP contribution < -0.4 is 16.4 Å². The molecule has 0 spiro atoms. The highest BCUT2D eigenvalue weighted by Crippen LogP contribution is 2.47. The van der Waals surface area contributed by atoms with Crippen LogP contribution in [-0.4, -0.2) is 0 Å². The fourth-order valence-electron chi connectivity index (χ4n) is 4.37. The second kappa shape index (κ2) is 7.47. The zero-order valence-electron chi connectivity index (χ0n) is 17.4.